The van der Waals surface area contributed by atoms with Gasteiger partial charge in [0, 0.05) is 15.0 Å². The second kappa shape index (κ2) is 6.11. The van der Waals surface area contributed by atoms with E-state index in [1.165, 1.54) is 37.0 Å². The van der Waals surface area contributed by atoms with Gasteiger partial charge in [0.2, 0.25) is 0 Å². The standard InChI is InChI=1S/C14H19BrS/c1-2-12(15)7-5-8-13-10-11-6-3-4-9-14(11)16-13/h3-4,6,9,12-13H,2,5,7-8,10H2,1H3. The minimum atomic E-state index is 0.723. The third-order valence-corrected chi connectivity index (χ3v) is 5.69. The zero-order valence-corrected chi connectivity index (χ0v) is 12.2. The third-order valence-electron chi connectivity index (χ3n) is 3.20. The molecule has 1 aromatic carbocycles. The van der Waals surface area contributed by atoms with E-state index >= 15 is 0 Å². The summed E-state index contributed by atoms with van der Waals surface area (Å²) >= 11 is 5.79. The van der Waals surface area contributed by atoms with Crippen molar-refractivity contribution in [3.05, 3.63) is 29.8 Å². The predicted molar refractivity (Wildman–Crippen MR) is 76.6 cm³/mol. The SMILES string of the molecule is CCC(Br)CCCC1Cc2ccccc2S1. The quantitative estimate of drug-likeness (QED) is 0.686. The first-order chi connectivity index (χ1) is 7.79. The average molecular weight is 299 g/mol. The van der Waals surface area contributed by atoms with E-state index in [0.717, 1.165) is 10.1 Å². The number of halogens is 1. The highest BCUT2D eigenvalue weighted by atomic mass is 79.9. The lowest BCUT2D eigenvalue weighted by Gasteiger charge is -2.10. The number of alkyl halides is 1. The van der Waals surface area contributed by atoms with E-state index in [1.54, 1.807) is 5.56 Å². The molecule has 1 heterocycles. The minimum Gasteiger partial charge on any atom is -0.122 e. The summed E-state index contributed by atoms with van der Waals surface area (Å²) in [6.45, 7) is 2.25. The molecule has 0 saturated heterocycles. The zero-order valence-electron chi connectivity index (χ0n) is 9.79. The molecule has 0 radical (unpaired) electrons. The second-order valence-electron chi connectivity index (χ2n) is 4.49. The van der Waals surface area contributed by atoms with Gasteiger partial charge in [-0.1, -0.05) is 47.5 Å². The van der Waals surface area contributed by atoms with E-state index in [1.807, 2.05) is 0 Å². The molecule has 2 atom stereocenters. The van der Waals surface area contributed by atoms with Crippen molar-refractivity contribution in [3.8, 4) is 0 Å². The molecule has 0 fully saturated rings. The third kappa shape index (κ3) is 3.27. The maximum Gasteiger partial charge on any atom is 0.0143 e. The number of hydrogen-bond acceptors (Lipinski definition) is 1. The fourth-order valence-electron chi connectivity index (χ4n) is 2.19. The van der Waals surface area contributed by atoms with Gasteiger partial charge in [-0.2, -0.15) is 0 Å². The van der Waals surface area contributed by atoms with Gasteiger partial charge in [-0.25, -0.2) is 0 Å². The lowest BCUT2D eigenvalue weighted by atomic mass is 10.1. The topological polar surface area (TPSA) is 0 Å². The molecule has 88 valence electrons. The molecule has 1 aromatic rings. The van der Waals surface area contributed by atoms with Crippen molar-refractivity contribution in [1.29, 1.82) is 0 Å². The summed E-state index contributed by atoms with van der Waals surface area (Å²) in [5.41, 5.74) is 1.56. The van der Waals surface area contributed by atoms with Crippen LogP contribution >= 0.6 is 27.7 Å². The molecule has 0 saturated carbocycles. The summed E-state index contributed by atoms with van der Waals surface area (Å²) in [5.74, 6) is 0. The molecule has 2 rings (SSSR count). The van der Waals surface area contributed by atoms with E-state index in [0.29, 0.717) is 0 Å². The van der Waals surface area contributed by atoms with Crippen LogP contribution in [0, 0.1) is 0 Å². The van der Waals surface area contributed by atoms with Gasteiger partial charge in [0.25, 0.3) is 0 Å². The molecule has 0 amide bonds. The number of benzene rings is 1. The smallest absolute Gasteiger partial charge is 0.0143 e. The first kappa shape index (κ1) is 12.5. The highest BCUT2D eigenvalue weighted by Crippen LogP contribution is 2.39. The Morgan fingerprint density at radius 2 is 2.25 bits per heavy atom. The van der Waals surface area contributed by atoms with E-state index in [4.69, 9.17) is 0 Å². The van der Waals surface area contributed by atoms with Crippen LogP contribution in [0.25, 0.3) is 0 Å². The van der Waals surface area contributed by atoms with Crippen molar-refractivity contribution < 1.29 is 0 Å². The van der Waals surface area contributed by atoms with Crippen molar-refractivity contribution in [1.82, 2.24) is 0 Å². The number of fused-ring (bicyclic) bond motifs is 1. The molecule has 0 spiro atoms. The molecular weight excluding hydrogens is 280 g/mol. The molecule has 1 aliphatic rings. The van der Waals surface area contributed by atoms with Crippen LogP contribution in [0.4, 0.5) is 0 Å². The van der Waals surface area contributed by atoms with Gasteiger partial charge in [0.05, 0.1) is 0 Å². The average Bonchev–Trinajstić information content (AvgIpc) is 2.71. The van der Waals surface area contributed by atoms with E-state index in [2.05, 4.69) is 58.9 Å². The van der Waals surface area contributed by atoms with Gasteiger partial charge in [-0.3, -0.25) is 0 Å². The highest BCUT2D eigenvalue weighted by Gasteiger charge is 2.21. The maximum atomic E-state index is 3.71. The van der Waals surface area contributed by atoms with E-state index in [9.17, 15) is 0 Å². The van der Waals surface area contributed by atoms with Gasteiger partial charge in [0.1, 0.15) is 0 Å². The number of hydrogen-bond donors (Lipinski definition) is 0. The zero-order chi connectivity index (χ0) is 11.4. The van der Waals surface area contributed by atoms with Crippen LogP contribution in [-0.4, -0.2) is 10.1 Å². The Morgan fingerprint density at radius 1 is 1.44 bits per heavy atom. The summed E-state index contributed by atoms with van der Waals surface area (Å²) in [5, 5.41) is 0.828. The fourth-order valence-corrected chi connectivity index (χ4v) is 3.88. The Morgan fingerprint density at radius 3 is 3.00 bits per heavy atom. The molecule has 16 heavy (non-hydrogen) atoms. The van der Waals surface area contributed by atoms with Crippen LogP contribution in [0.1, 0.15) is 38.2 Å². The summed E-state index contributed by atoms with van der Waals surface area (Å²) in [4.78, 5) is 2.24. The Labute approximate surface area is 111 Å². The molecule has 0 nitrogen and oxygen atoms in total. The molecule has 0 bridgehead atoms. The monoisotopic (exact) mass is 298 g/mol. The van der Waals surface area contributed by atoms with Crippen molar-refractivity contribution in [2.75, 3.05) is 0 Å². The van der Waals surface area contributed by atoms with Crippen LogP contribution in [0.5, 0.6) is 0 Å². The van der Waals surface area contributed by atoms with Crippen LogP contribution in [0.15, 0.2) is 29.2 Å². The number of rotatable bonds is 5. The van der Waals surface area contributed by atoms with Gasteiger partial charge in [-0.05, 0) is 37.3 Å². The Kier molecular flexibility index (Phi) is 4.78. The molecule has 2 unspecified atom stereocenters. The van der Waals surface area contributed by atoms with Crippen LogP contribution in [0.2, 0.25) is 0 Å². The lowest BCUT2D eigenvalue weighted by Crippen LogP contribution is -2.03. The van der Waals surface area contributed by atoms with Gasteiger partial charge < -0.3 is 0 Å². The second-order valence-corrected chi connectivity index (χ2v) is 7.13. The Hall–Kier alpha value is 0.0500. The molecule has 0 aliphatic carbocycles. The van der Waals surface area contributed by atoms with Crippen LogP contribution in [0.3, 0.4) is 0 Å². The molecule has 0 aromatic heterocycles. The lowest BCUT2D eigenvalue weighted by molar-refractivity contribution is 0.634. The molecular formula is C14H19BrS. The van der Waals surface area contributed by atoms with E-state index < -0.39 is 0 Å². The largest absolute Gasteiger partial charge is 0.122 e. The summed E-state index contributed by atoms with van der Waals surface area (Å²) in [6, 6.07) is 8.86. The van der Waals surface area contributed by atoms with Crippen molar-refractivity contribution in [2.24, 2.45) is 0 Å². The first-order valence-corrected chi connectivity index (χ1v) is 7.97. The van der Waals surface area contributed by atoms with Crippen molar-refractivity contribution >= 4 is 27.7 Å². The molecule has 1 aliphatic heterocycles. The van der Waals surface area contributed by atoms with Gasteiger partial charge in [0.15, 0.2) is 0 Å². The molecule has 0 N–H and O–H groups in total. The number of thioether (sulfide) groups is 1. The first-order valence-electron chi connectivity index (χ1n) is 6.18. The Bertz CT molecular complexity index is 312. The fraction of sp³-hybridized carbons (Fsp3) is 0.571. The summed E-state index contributed by atoms with van der Waals surface area (Å²) in [6.07, 6.45) is 6.57. The minimum absolute atomic E-state index is 0.723. The predicted octanol–water partition coefficient (Wildman–Crippen LogP) is 5.05. The molecule has 2 heteroatoms. The normalized spacial score (nSPS) is 20.8. The summed E-state index contributed by atoms with van der Waals surface area (Å²) < 4.78 is 0. The van der Waals surface area contributed by atoms with Gasteiger partial charge >= 0.3 is 0 Å². The summed E-state index contributed by atoms with van der Waals surface area (Å²) in [7, 11) is 0. The van der Waals surface area contributed by atoms with Crippen LogP contribution < -0.4 is 0 Å². The highest BCUT2D eigenvalue weighted by molar-refractivity contribution is 9.09. The van der Waals surface area contributed by atoms with Gasteiger partial charge in [-0.15, -0.1) is 11.8 Å². The Balaban J connectivity index is 1.75. The van der Waals surface area contributed by atoms with Crippen LogP contribution in [-0.2, 0) is 6.42 Å². The van der Waals surface area contributed by atoms with E-state index in [-0.39, 0.29) is 0 Å². The maximum absolute atomic E-state index is 3.71. The van der Waals surface area contributed by atoms with Crippen molar-refractivity contribution in [3.63, 3.8) is 0 Å². The van der Waals surface area contributed by atoms with Crippen molar-refractivity contribution in [2.45, 2.75) is 54.0 Å².